The molecule has 0 saturated carbocycles. The zero-order chi connectivity index (χ0) is 20.9. The van der Waals surface area contributed by atoms with Crippen LogP contribution < -0.4 is 4.74 Å². The average molecular weight is 442 g/mol. The predicted octanol–water partition coefficient (Wildman–Crippen LogP) is 4.82. The Morgan fingerprint density at radius 1 is 1.10 bits per heavy atom. The van der Waals surface area contributed by atoms with Crippen molar-refractivity contribution in [3.8, 4) is 17.0 Å². The number of hydrogen-bond donors (Lipinski definition) is 0. The van der Waals surface area contributed by atoms with E-state index in [1.807, 2.05) is 60.4 Å². The fraction of sp³-hybridized carbons (Fsp3) is 0.304. The van der Waals surface area contributed by atoms with Gasteiger partial charge >= 0.3 is 0 Å². The minimum atomic E-state index is 0.0398. The Kier molecular flexibility index (Phi) is 6.67. The third-order valence-corrected chi connectivity index (χ3v) is 6.21. The van der Waals surface area contributed by atoms with Crippen LogP contribution in [0.15, 0.2) is 53.9 Å². The van der Waals surface area contributed by atoms with Crippen LogP contribution in [0.4, 0.5) is 0 Å². The molecular weight excluding hydrogens is 418 g/mol. The maximum Gasteiger partial charge on any atom is 0.257 e. The molecule has 30 heavy (non-hydrogen) atoms. The van der Waals surface area contributed by atoms with Gasteiger partial charge in [-0.05, 0) is 31.2 Å². The highest BCUT2D eigenvalue weighted by molar-refractivity contribution is 7.09. The second-order valence-electron chi connectivity index (χ2n) is 7.13. The molecule has 5 nitrogen and oxygen atoms in total. The largest absolute Gasteiger partial charge is 0.493 e. The van der Waals surface area contributed by atoms with Crippen LogP contribution in [0.1, 0.15) is 22.3 Å². The maximum absolute atomic E-state index is 13.0. The molecule has 0 spiro atoms. The number of hydrogen-bond acceptors (Lipinski definition) is 5. The molecule has 1 aliphatic rings. The van der Waals surface area contributed by atoms with E-state index in [1.165, 1.54) is 0 Å². The van der Waals surface area contributed by atoms with Gasteiger partial charge in [-0.15, -0.1) is 11.3 Å². The molecule has 1 fully saturated rings. The van der Waals surface area contributed by atoms with Gasteiger partial charge in [-0.1, -0.05) is 35.9 Å². The number of benzene rings is 2. The highest BCUT2D eigenvalue weighted by atomic mass is 35.5. The second-order valence-corrected chi connectivity index (χ2v) is 8.51. The van der Waals surface area contributed by atoms with Crippen molar-refractivity contribution in [3.63, 3.8) is 0 Å². The number of thiazole rings is 1. The number of carbonyl (C=O) groups is 1. The first-order valence-electron chi connectivity index (χ1n) is 10.1. The number of carbonyl (C=O) groups excluding carboxylic acids is 1. The van der Waals surface area contributed by atoms with Crippen molar-refractivity contribution in [2.45, 2.75) is 13.5 Å². The van der Waals surface area contributed by atoms with Gasteiger partial charge in [0.1, 0.15) is 10.8 Å². The lowest BCUT2D eigenvalue weighted by Gasteiger charge is -2.34. The van der Waals surface area contributed by atoms with Gasteiger partial charge in [-0.25, -0.2) is 4.98 Å². The van der Waals surface area contributed by atoms with Crippen LogP contribution in [0.3, 0.4) is 0 Å². The molecule has 1 aromatic heterocycles. The van der Waals surface area contributed by atoms with Gasteiger partial charge in [0, 0.05) is 42.1 Å². The van der Waals surface area contributed by atoms with Crippen molar-refractivity contribution >= 4 is 28.8 Å². The Bertz CT molecular complexity index is 998. The predicted molar refractivity (Wildman–Crippen MR) is 121 cm³/mol. The van der Waals surface area contributed by atoms with Crippen LogP contribution in [0, 0.1) is 0 Å². The summed E-state index contributed by atoms with van der Waals surface area (Å²) in [5, 5.41) is 3.90. The smallest absolute Gasteiger partial charge is 0.257 e. The topological polar surface area (TPSA) is 45.7 Å². The molecule has 4 rings (SSSR count). The number of rotatable bonds is 6. The number of aromatic nitrogens is 1. The normalized spacial score (nSPS) is 14.7. The Morgan fingerprint density at radius 2 is 1.83 bits per heavy atom. The average Bonchev–Trinajstić information content (AvgIpc) is 3.23. The number of halogens is 1. The lowest BCUT2D eigenvalue weighted by molar-refractivity contribution is 0.0624. The van der Waals surface area contributed by atoms with Crippen molar-refractivity contribution in [3.05, 3.63) is 69.5 Å². The summed E-state index contributed by atoms with van der Waals surface area (Å²) in [6, 6.07) is 15.2. The van der Waals surface area contributed by atoms with Gasteiger partial charge in [-0.3, -0.25) is 9.69 Å². The summed E-state index contributed by atoms with van der Waals surface area (Å²) in [5.41, 5.74) is 2.69. The van der Waals surface area contributed by atoms with E-state index in [0.717, 1.165) is 40.9 Å². The maximum atomic E-state index is 13.0. The summed E-state index contributed by atoms with van der Waals surface area (Å²) in [6.45, 7) is 6.34. The molecule has 0 bridgehead atoms. The number of piperazine rings is 1. The Hall–Kier alpha value is -2.41. The van der Waals surface area contributed by atoms with Crippen molar-refractivity contribution in [1.82, 2.24) is 14.8 Å². The molecule has 2 heterocycles. The molecule has 0 unspecified atom stereocenters. The van der Waals surface area contributed by atoms with Gasteiger partial charge in [-0.2, -0.15) is 0 Å². The van der Waals surface area contributed by atoms with Crippen LogP contribution in [0.25, 0.3) is 11.3 Å². The first-order valence-corrected chi connectivity index (χ1v) is 11.3. The molecule has 0 atom stereocenters. The monoisotopic (exact) mass is 441 g/mol. The van der Waals surface area contributed by atoms with Crippen molar-refractivity contribution < 1.29 is 9.53 Å². The quantitative estimate of drug-likeness (QED) is 0.550. The van der Waals surface area contributed by atoms with Crippen LogP contribution >= 0.6 is 22.9 Å². The van der Waals surface area contributed by atoms with Gasteiger partial charge in [0.05, 0.1) is 24.4 Å². The SMILES string of the molecule is CCOc1ccccc1C(=O)N1CCN(Cc2nc(-c3ccc(Cl)cc3)cs2)CC1. The van der Waals surface area contributed by atoms with Crippen LogP contribution in [-0.2, 0) is 6.54 Å². The van der Waals surface area contributed by atoms with Crippen LogP contribution in [0.2, 0.25) is 5.02 Å². The molecular formula is C23H24ClN3O2S. The van der Waals surface area contributed by atoms with E-state index in [4.69, 9.17) is 21.3 Å². The lowest BCUT2D eigenvalue weighted by atomic mass is 10.1. The van der Waals surface area contributed by atoms with E-state index in [9.17, 15) is 4.79 Å². The molecule has 0 aliphatic carbocycles. The molecule has 2 aromatic carbocycles. The lowest BCUT2D eigenvalue weighted by Crippen LogP contribution is -2.48. The number of nitrogens with zero attached hydrogens (tertiary/aromatic N) is 3. The second kappa shape index (κ2) is 9.60. The first kappa shape index (κ1) is 20.8. The fourth-order valence-corrected chi connectivity index (χ4v) is 4.50. The number of para-hydroxylation sites is 1. The summed E-state index contributed by atoms with van der Waals surface area (Å²) >= 11 is 7.64. The van der Waals surface area contributed by atoms with Gasteiger partial charge in [0.15, 0.2) is 0 Å². The van der Waals surface area contributed by atoms with Crippen LogP contribution in [-0.4, -0.2) is 53.5 Å². The summed E-state index contributed by atoms with van der Waals surface area (Å²) in [6.07, 6.45) is 0. The zero-order valence-electron chi connectivity index (χ0n) is 16.9. The molecule has 1 saturated heterocycles. The third-order valence-electron chi connectivity index (χ3n) is 5.13. The molecule has 1 aliphatic heterocycles. The van der Waals surface area contributed by atoms with Gasteiger partial charge in [0.2, 0.25) is 0 Å². The molecule has 3 aromatic rings. The summed E-state index contributed by atoms with van der Waals surface area (Å²) in [7, 11) is 0. The number of amides is 1. The number of ether oxygens (including phenoxy) is 1. The fourth-order valence-electron chi connectivity index (χ4n) is 3.53. The molecule has 156 valence electrons. The zero-order valence-corrected chi connectivity index (χ0v) is 18.5. The van der Waals surface area contributed by atoms with E-state index >= 15 is 0 Å². The van der Waals surface area contributed by atoms with Crippen molar-refractivity contribution in [1.29, 1.82) is 0 Å². The summed E-state index contributed by atoms with van der Waals surface area (Å²) in [5.74, 6) is 0.697. The minimum absolute atomic E-state index is 0.0398. The van der Waals surface area contributed by atoms with E-state index in [0.29, 0.717) is 31.0 Å². The van der Waals surface area contributed by atoms with Gasteiger partial charge in [0.25, 0.3) is 5.91 Å². The van der Waals surface area contributed by atoms with E-state index in [-0.39, 0.29) is 5.91 Å². The van der Waals surface area contributed by atoms with Crippen molar-refractivity contribution in [2.75, 3.05) is 32.8 Å². The van der Waals surface area contributed by atoms with Gasteiger partial charge < -0.3 is 9.64 Å². The third kappa shape index (κ3) is 4.83. The molecule has 1 amide bonds. The summed E-state index contributed by atoms with van der Waals surface area (Å²) in [4.78, 5) is 22.0. The molecule has 0 N–H and O–H groups in total. The van der Waals surface area contributed by atoms with Crippen molar-refractivity contribution in [2.24, 2.45) is 0 Å². The van der Waals surface area contributed by atoms with E-state index < -0.39 is 0 Å². The van der Waals surface area contributed by atoms with E-state index in [2.05, 4.69) is 10.3 Å². The first-order chi connectivity index (χ1) is 14.6. The van der Waals surface area contributed by atoms with Crippen LogP contribution in [0.5, 0.6) is 5.75 Å². The molecule has 0 radical (unpaired) electrons. The highest BCUT2D eigenvalue weighted by Crippen LogP contribution is 2.25. The highest BCUT2D eigenvalue weighted by Gasteiger charge is 2.24. The minimum Gasteiger partial charge on any atom is -0.493 e. The standard InChI is InChI=1S/C23H24ClN3O2S/c1-2-29-21-6-4-3-5-19(21)23(28)27-13-11-26(12-14-27)15-22-25-20(16-30-22)17-7-9-18(24)10-8-17/h3-10,16H,2,11-15H2,1H3. The Balaban J connectivity index is 1.34. The summed E-state index contributed by atoms with van der Waals surface area (Å²) < 4.78 is 5.62. The Morgan fingerprint density at radius 3 is 2.57 bits per heavy atom. The van der Waals surface area contributed by atoms with E-state index in [1.54, 1.807) is 11.3 Å². The molecule has 7 heteroatoms. The Labute approximate surface area is 185 Å².